The van der Waals surface area contributed by atoms with Gasteiger partial charge in [0.25, 0.3) is 5.56 Å². The largest absolute Gasteiger partial charge is 0.506 e. The van der Waals surface area contributed by atoms with E-state index in [2.05, 4.69) is 0 Å². The number of Topliss-reactive ketones (excluding diaryl/α,β-unsaturated/α-hetero) is 1. The second kappa shape index (κ2) is 8.01. The number of esters is 1. The molecule has 29 heavy (non-hydrogen) atoms. The predicted octanol–water partition coefficient (Wildman–Crippen LogP) is 1.43. The molecule has 1 aromatic heterocycles. The first-order valence-electron chi connectivity index (χ1n) is 8.88. The van der Waals surface area contributed by atoms with Crippen molar-refractivity contribution in [3.63, 3.8) is 0 Å². The highest BCUT2D eigenvalue weighted by atomic mass is 16.5. The number of aromatic hydroxyl groups is 1. The molecule has 3 rings (SSSR count). The van der Waals surface area contributed by atoms with Crippen molar-refractivity contribution in [1.82, 2.24) is 9.55 Å². The SMILES string of the molecule is CCCn1c(N)c(C(=O)COC(=O)c2ccc3ccccc3c2O)c(=O)[nH]c1=O. The normalized spacial score (nSPS) is 10.8. The van der Waals surface area contributed by atoms with E-state index in [0.29, 0.717) is 11.8 Å². The van der Waals surface area contributed by atoms with Gasteiger partial charge in [-0.15, -0.1) is 0 Å². The Labute approximate surface area is 164 Å². The molecular formula is C20H19N3O6. The molecule has 4 N–H and O–H groups in total. The van der Waals surface area contributed by atoms with E-state index in [-0.39, 0.29) is 23.7 Å². The van der Waals surface area contributed by atoms with Gasteiger partial charge in [-0.25, -0.2) is 9.59 Å². The van der Waals surface area contributed by atoms with Crippen molar-refractivity contribution in [2.24, 2.45) is 0 Å². The Morgan fingerprint density at radius 2 is 1.90 bits per heavy atom. The summed E-state index contributed by atoms with van der Waals surface area (Å²) < 4.78 is 6.04. The Hall–Kier alpha value is -3.88. The van der Waals surface area contributed by atoms with Gasteiger partial charge in [0, 0.05) is 11.9 Å². The van der Waals surface area contributed by atoms with Gasteiger partial charge in [-0.2, -0.15) is 0 Å². The number of fused-ring (bicyclic) bond motifs is 1. The van der Waals surface area contributed by atoms with Gasteiger partial charge in [-0.1, -0.05) is 37.3 Å². The first-order chi connectivity index (χ1) is 13.8. The van der Waals surface area contributed by atoms with Crippen LogP contribution in [-0.2, 0) is 11.3 Å². The van der Waals surface area contributed by atoms with E-state index in [1.54, 1.807) is 37.3 Å². The Balaban J connectivity index is 1.84. The molecule has 9 nitrogen and oxygen atoms in total. The number of hydrogen-bond acceptors (Lipinski definition) is 7. The number of ether oxygens (including phenoxy) is 1. The topological polar surface area (TPSA) is 144 Å². The summed E-state index contributed by atoms with van der Waals surface area (Å²) in [5.74, 6) is -2.34. The smallest absolute Gasteiger partial charge is 0.342 e. The molecule has 0 aliphatic heterocycles. The molecule has 2 aromatic carbocycles. The number of ketones is 1. The van der Waals surface area contributed by atoms with Crippen LogP contribution in [0.5, 0.6) is 5.75 Å². The van der Waals surface area contributed by atoms with E-state index in [0.717, 1.165) is 9.95 Å². The molecule has 9 heteroatoms. The summed E-state index contributed by atoms with van der Waals surface area (Å²) in [5, 5.41) is 11.5. The van der Waals surface area contributed by atoms with E-state index < -0.39 is 35.2 Å². The van der Waals surface area contributed by atoms with Crippen molar-refractivity contribution in [2.75, 3.05) is 12.3 Å². The molecule has 0 unspecified atom stereocenters. The molecule has 0 atom stereocenters. The molecule has 3 aromatic rings. The number of phenolic OH excluding ortho intramolecular Hbond substituents is 1. The quantitative estimate of drug-likeness (QED) is 0.421. The third-order valence-corrected chi connectivity index (χ3v) is 4.42. The highest BCUT2D eigenvalue weighted by molar-refractivity contribution is 6.04. The highest BCUT2D eigenvalue weighted by Crippen LogP contribution is 2.29. The lowest BCUT2D eigenvalue weighted by Gasteiger charge is -2.11. The summed E-state index contributed by atoms with van der Waals surface area (Å²) in [6, 6.07) is 9.93. The number of benzene rings is 2. The molecule has 150 valence electrons. The van der Waals surface area contributed by atoms with Gasteiger partial charge < -0.3 is 15.6 Å². The van der Waals surface area contributed by atoms with Crippen LogP contribution in [0.3, 0.4) is 0 Å². The van der Waals surface area contributed by atoms with Crippen molar-refractivity contribution in [1.29, 1.82) is 0 Å². The minimum absolute atomic E-state index is 0.116. The molecule has 0 saturated heterocycles. The van der Waals surface area contributed by atoms with Crippen LogP contribution >= 0.6 is 0 Å². The number of hydrogen-bond donors (Lipinski definition) is 3. The van der Waals surface area contributed by atoms with Gasteiger partial charge in [-0.05, 0) is 17.9 Å². The number of aromatic nitrogens is 2. The fourth-order valence-electron chi connectivity index (χ4n) is 3.00. The lowest BCUT2D eigenvalue weighted by atomic mass is 10.1. The molecule has 0 fully saturated rings. The number of nitrogens with zero attached hydrogens (tertiary/aromatic N) is 1. The number of carbonyl (C=O) groups is 2. The maximum atomic E-state index is 12.4. The summed E-state index contributed by atoms with van der Waals surface area (Å²) in [6.07, 6.45) is 0.556. The number of rotatable bonds is 6. The first-order valence-corrected chi connectivity index (χ1v) is 8.88. The number of nitrogens with two attached hydrogens (primary N) is 1. The third-order valence-electron chi connectivity index (χ3n) is 4.42. The molecule has 0 aliphatic rings. The van der Waals surface area contributed by atoms with Crippen molar-refractivity contribution in [2.45, 2.75) is 19.9 Å². The van der Waals surface area contributed by atoms with Crippen molar-refractivity contribution >= 4 is 28.3 Å². The van der Waals surface area contributed by atoms with E-state index in [1.807, 2.05) is 4.98 Å². The van der Waals surface area contributed by atoms with Gasteiger partial charge >= 0.3 is 11.7 Å². The number of aromatic amines is 1. The molecule has 0 aliphatic carbocycles. The van der Waals surface area contributed by atoms with Gasteiger partial charge in [-0.3, -0.25) is 19.1 Å². The molecule has 1 heterocycles. The van der Waals surface area contributed by atoms with Crippen LogP contribution in [0.2, 0.25) is 0 Å². The standard InChI is InChI=1S/C20H19N3O6/c1-2-9-23-17(21)15(18(26)22-20(23)28)14(24)10-29-19(27)13-8-7-11-5-3-4-6-12(11)16(13)25/h3-8,25H,2,9-10,21H2,1H3,(H,22,26,28). The minimum Gasteiger partial charge on any atom is -0.506 e. The Morgan fingerprint density at radius 3 is 2.62 bits per heavy atom. The zero-order chi connectivity index (χ0) is 21.1. The van der Waals surface area contributed by atoms with E-state index in [1.165, 1.54) is 6.07 Å². The average Bonchev–Trinajstić information content (AvgIpc) is 2.69. The highest BCUT2D eigenvalue weighted by Gasteiger charge is 2.22. The van der Waals surface area contributed by atoms with Crippen LogP contribution in [0.1, 0.15) is 34.1 Å². The Bertz CT molecular complexity index is 1230. The van der Waals surface area contributed by atoms with Gasteiger partial charge in [0.05, 0.1) is 0 Å². The van der Waals surface area contributed by atoms with Gasteiger partial charge in [0.15, 0.2) is 6.61 Å². The number of H-pyrrole nitrogens is 1. The average molecular weight is 397 g/mol. The second-order valence-corrected chi connectivity index (χ2v) is 6.35. The minimum atomic E-state index is -0.950. The van der Waals surface area contributed by atoms with Crippen LogP contribution < -0.4 is 17.0 Å². The summed E-state index contributed by atoms with van der Waals surface area (Å²) in [4.78, 5) is 50.6. The number of anilines is 1. The zero-order valence-corrected chi connectivity index (χ0v) is 15.6. The van der Waals surface area contributed by atoms with Crippen LogP contribution in [0.4, 0.5) is 5.82 Å². The maximum Gasteiger partial charge on any atom is 0.342 e. The molecule has 0 amide bonds. The summed E-state index contributed by atoms with van der Waals surface area (Å²) >= 11 is 0. The fourth-order valence-corrected chi connectivity index (χ4v) is 3.00. The number of nitrogen functional groups attached to an aromatic ring is 1. The predicted molar refractivity (Wildman–Crippen MR) is 106 cm³/mol. The number of phenols is 1. The molecule has 0 spiro atoms. The zero-order valence-electron chi connectivity index (χ0n) is 15.6. The summed E-state index contributed by atoms with van der Waals surface area (Å²) in [5.41, 5.74) is 3.58. The van der Waals surface area contributed by atoms with Crippen molar-refractivity contribution in [3.8, 4) is 5.75 Å². The Kier molecular flexibility index (Phi) is 5.49. The van der Waals surface area contributed by atoms with Gasteiger partial charge in [0.2, 0.25) is 5.78 Å². The first kappa shape index (κ1) is 19.9. The lowest BCUT2D eigenvalue weighted by Crippen LogP contribution is -2.37. The number of carbonyl (C=O) groups excluding carboxylic acids is 2. The van der Waals surface area contributed by atoms with Crippen molar-refractivity contribution in [3.05, 3.63) is 68.4 Å². The van der Waals surface area contributed by atoms with Crippen LogP contribution in [0.25, 0.3) is 10.8 Å². The fraction of sp³-hybridized carbons (Fsp3) is 0.200. The lowest BCUT2D eigenvalue weighted by molar-refractivity contribution is 0.0471. The second-order valence-electron chi connectivity index (χ2n) is 6.35. The van der Waals surface area contributed by atoms with Crippen LogP contribution in [0.15, 0.2) is 46.0 Å². The molecule has 0 saturated carbocycles. The van der Waals surface area contributed by atoms with E-state index in [9.17, 15) is 24.3 Å². The van der Waals surface area contributed by atoms with Gasteiger partial charge in [0.1, 0.15) is 22.7 Å². The van der Waals surface area contributed by atoms with Crippen LogP contribution in [-0.4, -0.2) is 33.0 Å². The van der Waals surface area contributed by atoms with Crippen LogP contribution in [0, 0.1) is 0 Å². The van der Waals surface area contributed by atoms with E-state index in [4.69, 9.17) is 10.5 Å². The van der Waals surface area contributed by atoms with E-state index >= 15 is 0 Å². The maximum absolute atomic E-state index is 12.4. The third kappa shape index (κ3) is 3.75. The number of nitrogens with one attached hydrogen (secondary N) is 1. The van der Waals surface area contributed by atoms with Crippen molar-refractivity contribution < 1.29 is 19.4 Å². The summed E-state index contributed by atoms with van der Waals surface area (Å²) in [7, 11) is 0. The monoisotopic (exact) mass is 397 g/mol. The molecular weight excluding hydrogens is 378 g/mol. The molecule has 0 radical (unpaired) electrons. The summed E-state index contributed by atoms with van der Waals surface area (Å²) in [6.45, 7) is 1.24. The molecule has 0 bridgehead atoms. The Morgan fingerprint density at radius 1 is 1.17 bits per heavy atom.